The molecule has 1 N–H and O–H groups in total. The van der Waals surface area contributed by atoms with E-state index in [1.54, 1.807) is 26.8 Å². The molecule has 2 aliphatic heterocycles. The summed E-state index contributed by atoms with van der Waals surface area (Å²) in [6, 6.07) is 1.60. The minimum Gasteiger partial charge on any atom is -0.472 e. The maximum Gasteiger partial charge on any atom is 0.339 e. The maximum atomic E-state index is 13.7. The molecule has 11 unspecified atom stereocenters. The molecule has 3 heterocycles. The van der Waals surface area contributed by atoms with Crippen molar-refractivity contribution in [3.63, 3.8) is 0 Å². The number of hydrogen-bond acceptors (Lipinski definition) is 13. The van der Waals surface area contributed by atoms with Gasteiger partial charge in [0.05, 0.1) is 31.0 Å². The Bertz CT molecular complexity index is 1500. The van der Waals surface area contributed by atoms with Crippen molar-refractivity contribution in [1.29, 1.82) is 0 Å². The minimum atomic E-state index is -1.99. The molecule has 4 fully saturated rings. The average Bonchev–Trinajstić information content (AvgIpc) is 3.53. The van der Waals surface area contributed by atoms with Crippen LogP contribution in [0.2, 0.25) is 0 Å². The Morgan fingerprint density at radius 2 is 1.71 bits per heavy atom. The van der Waals surface area contributed by atoms with Crippen LogP contribution in [0.25, 0.3) is 0 Å². The molecule has 4 aliphatic rings. The Morgan fingerprint density at radius 3 is 2.25 bits per heavy atom. The van der Waals surface area contributed by atoms with Gasteiger partial charge in [0.1, 0.15) is 30.0 Å². The maximum absolute atomic E-state index is 13.7. The van der Waals surface area contributed by atoms with Gasteiger partial charge in [-0.3, -0.25) is 19.2 Å². The Hall–Kier alpha value is -3.71. The van der Waals surface area contributed by atoms with Gasteiger partial charge in [0.2, 0.25) is 0 Å². The highest BCUT2D eigenvalue weighted by Crippen LogP contribution is 2.73. The number of esters is 5. The normalized spacial score (nSPS) is 39.7. The fourth-order valence-corrected chi connectivity index (χ4v) is 9.35. The van der Waals surface area contributed by atoms with Gasteiger partial charge in [-0.2, -0.15) is 0 Å². The molecule has 2 bridgehead atoms. The number of hydrogen-bond donors (Lipinski definition) is 1. The predicted molar refractivity (Wildman–Crippen MR) is 164 cm³/mol. The summed E-state index contributed by atoms with van der Waals surface area (Å²) in [5.74, 6) is -5.39. The lowest BCUT2D eigenvalue weighted by Crippen LogP contribution is -2.82. The molecule has 13 nitrogen and oxygen atoms in total. The number of methoxy groups -OCH3 is 1. The molecule has 48 heavy (non-hydrogen) atoms. The lowest BCUT2D eigenvalue weighted by molar-refractivity contribution is -0.369. The number of carbonyl (C=O) groups excluding carboxylic acids is 5. The van der Waals surface area contributed by atoms with Crippen LogP contribution in [0.4, 0.5) is 0 Å². The van der Waals surface area contributed by atoms with Crippen LogP contribution < -0.4 is 0 Å². The van der Waals surface area contributed by atoms with Crippen LogP contribution in [0.15, 0.2) is 35.2 Å². The molecule has 0 amide bonds. The highest BCUT2D eigenvalue weighted by Gasteiger charge is 2.81. The van der Waals surface area contributed by atoms with E-state index in [0.29, 0.717) is 11.1 Å². The first-order valence-electron chi connectivity index (χ1n) is 16.2. The molecule has 0 aromatic carbocycles. The van der Waals surface area contributed by atoms with Crippen LogP contribution in [0.5, 0.6) is 0 Å². The first-order chi connectivity index (χ1) is 22.3. The number of cyclic esters (lactones) is 1. The fraction of sp³-hybridized carbons (Fsp3) is 0.686. The van der Waals surface area contributed by atoms with Gasteiger partial charge in [-0.15, -0.1) is 0 Å². The third-order valence-corrected chi connectivity index (χ3v) is 11.6. The zero-order valence-corrected chi connectivity index (χ0v) is 28.9. The molecular weight excluding hydrogens is 628 g/mol. The number of rotatable bonds is 7. The number of ether oxygens (including phenoxy) is 6. The third kappa shape index (κ3) is 4.90. The summed E-state index contributed by atoms with van der Waals surface area (Å²) < 4.78 is 41.6. The summed E-state index contributed by atoms with van der Waals surface area (Å²) in [5, 5.41) is 12.0. The van der Waals surface area contributed by atoms with E-state index >= 15 is 0 Å². The van der Waals surface area contributed by atoms with Crippen LogP contribution in [0.1, 0.15) is 79.9 Å². The van der Waals surface area contributed by atoms with E-state index in [4.69, 9.17) is 32.8 Å². The largest absolute Gasteiger partial charge is 0.472 e. The summed E-state index contributed by atoms with van der Waals surface area (Å²) in [5.41, 5.74) is -4.97. The highest BCUT2D eigenvalue weighted by molar-refractivity contribution is 5.80. The number of furan rings is 1. The average molecular weight is 675 g/mol. The second-order valence-corrected chi connectivity index (χ2v) is 14.9. The smallest absolute Gasteiger partial charge is 0.339 e. The zero-order valence-electron chi connectivity index (χ0n) is 28.9. The first-order valence-corrected chi connectivity index (χ1v) is 16.2. The molecule has 2 saturated heterocycles. The Kier molecular flexibility index (Phi) is 8.91. The molecule has 13 heteroatoms. The van der Waals surface area contributed by atoms with E-state index in [1.807, 2.05) is 20.8 Å². The number of carbonyl (C=O) groups is 5. The van der Waals surface area contributed by atoms with E-state index in [-0.39, 0.29) is 12.8 Å². The van der Waals surface area contributed by atoms with Gasteiger partial charge in [0, 0.05) is 36.7 Å². The summed E-state index contributed by atoms with van der Waals surface area (Å²) in [6.45, 7) is 17.5. The molecule has 2 saturated carbocycles. The molecule has 0 radical (unpaired) electrons. The number of aliphatic hydroxyl groups excluding tert-OH is 1. The third-order valence-electron chi connectivity index (χ3n) is 11.6. The van der Waals surface area contributed by atoms with Gasteiger partial charge in [-0.25, -0.2) is 4.79 Å². The van der Waals surface area contributed by atoms with Crippen molar-refractivity contribution in [2.24, 2.45) is 34.0 Å². The number of aliphatic hydroxyl groups is 1. The van der Waals surface area contributed by atoms with E-state index in [1.165, 1.54) is 33.5 Å². The lowest BCUT2D eigenvalue weighted by atomic mass is 9.40. The summed E-state index contributed by atoms with van der Waals surface area (Å²) in [6.07, 6.45) is -4.98. The monoisotopic (exact) mass is 674 g/mol. The quantitative estimate of drug-likeness (QED) is 0.253. The van der Waals surface area contributed by atoms with Crippen molar-refractivity contribution < 1.29 is 61.9 Å². The second kappa shape index (κ2) is 12.0. The molecule has 1 aromatic rings. The van der Waals surface area contributed by atoms with Crippen LogP contribution in [-0.4, -0.2) is 78.2 Å². The minimum absolute atomic E-state index is 0.114. The van der Waals surface area contributed by atoms with Crippen molar-refractivity contribution in [3.05, 3.63) is 36.3 Å². The molecular formula is C35H46O13. The van der Waals surface area contributed by atoms with E-state index in [9.17, 15) is 29.1 Å². The first kappa shape index (κ1) is 35.6. The fourth-order valence-electron chi connectivity index (χ4n) is 9.35. The number of fused-ring (bicyclic) bond motifs is 3. The van der Waals surface area contributed by atoms with Crippen molar-refractivity contribution in [2.75, 3.05) is 7.11 Å². The van der Waals surface area contributed by atoms with Crippen molar-refractivity contribution >= 4 is 29.8 Å². The SMILES string of the molecule is C=C1C2CC(OC(C)=O)C3(C)C(c4ccoc4)OC(=O)C(O)C13OC1C(OC(=O)C(C)C)C(OC(C)=O)C(C)(C)C(CC(=O)OC)C21C. The van der Waals surface area contributed by atoms with Gasteiger partial charge in [0.15, 0.2) is 12.2 Å². The van der Waals surface area contributed by atoms with Crippen molar-refractivity contribution in [1.82, 2.24) is 0 Å². The van der Waals surface area contributed by atoms with E-state index in [2.05, 4.69) is 6.58 Å². The van der Waals surface area contributed by atoms with E-state index < -0.39 is 106 Å². The standard InChI is InChI=1S/C35H46O13/c1-16(2)30(40)46-25-28(45-19(5)37)32(6,7)22(14-24(38)42-10)33(8)21-13-23(44-18(4)36)34(9)27(20-11-12-43-15-20)47-31(41)26(39)35(34,17(21)3)48-29(25)33/h11-12,15-16,21-23,25-29,39H,3,13-14H2,1-2,4-10H3. The molecule has 5 rings (SSSR count). The van der Waals surface area contributed by atoms with Gasteiger partial charge in [-0.1, -0.05) is 41.2 Å². The van der Waals surface area contributed by atoms with Crippen molar-refractivity contribution in [2.45, 2.75) is 110 Å². The highest BCUT2D eigenvalue weighted by atomic mass is 16.6. The van der Waals surface area contributed by atoms with Crippen LogP contribution >= 0.6 is 0 Å². The molecule has 1 spiro atoms. The van der Waals surface area contributed by atoms with Crippen LogP contribution in [0.3, 0.4) is 0 Å². The van der Waals surface area contributed by atoms with Gasteiger partial charge in [-0.05, 0) is 36.8 Å². The predicted octanol–water partition coefficient (Wildman–Crippen LogP) is 3.62. The van der Waals surface area contributed by atoms with Crippen LogP contribution in [-0.2, 0) is 52.4 Å². The topological polar surface area (TPSA) is 174 Å². The van der Waals surface area contributed by atoms with Gasteiger partial charge < -0.3 is 37.9 Å². The summed E-state index contributed by atoms with van der Waals surface area (Å²) >= 11 is 0. The lowest BCUT2D eigenvalue weighted by Gasteiger charge is -2.73. The summed E-state index contributed by atoms with van der Waals surface area (Å²) in [4.78, 5) is 65.6. The summed E-state index contributed by atoms with van der Waals surface area (Å²) in [7, 11) is 1.27. The Balaban J connectivity index is 1.83. The van der Waals surface area contributed by atoms with Gasteiger partial charge in [0.25, 0.3) is 0 Å². The van der Waals surface area contributed by atoms with E-state index in [0.717, 1.165) is 0 Å². The van der Waals surface area contributed by atoms with Crippen molar-refractivity contribution in [3.8, 4) is 0 Å². The Labute approximate surface area is 279 Å². The molecule has 2 aliphatic carbocycles. The van der Waals surface area contributed by atoms with Gasteiger partial charge >= 0.3 is 29.8 Å². The Morgan fingerprint density at radius 1 is 1.06 bits per heavy atom. The zero-order chi connectivity index (χ0) is 35.7. The second-order valence-electron chi connectivity index (χ2n) is 14.9. The molecule has 1 aromatic heterocycles. The molecule has 264 valence electrons. The molecule has 11 atom stereocenters. The van der Waals surface area contributed by atoms with Crippen LogP contribution in [0, 0.1) is 34.0 Å².